The van der Waals surface area contributed by atoms with Gasteiger partial charge in [0.15, 0.2) is 0 Å². The number of hydrogen-bond donors (Lipinski definition) is 3. The summed E-state index contributed by atoms with van der Waals surface area (Å²) in [7, 11) is 1.29. The van der Waals surface area contributed by atoms with Crippen LogP contribution in [0.2, 0.25) is 0 Å². The van der Waals surface area contributed by atoms with Gasteiger partial charge in [0.25, 0.3) is 11.8 Å². The number of fused-ring (bicyclic) bond motifs is 1. The van der Waals surface area contributed by atoms with Crippen molar-refractivity contribution in [1.29, 1.82) is 0 Å². The number of methoxy groups -OCH3 is 1. The number of ether oxygens (including phenoxy) is 3. The summed E-state index contributed by atoms with van der Waals surface area (Å²) in [5.41, 5.74) is 3.50. The second kappa shape index (κ2) is 21.0. The minimum atomic E-state index is -0.801. The summed E-state index contributed by atoms with van der Waals surface area (Å²) in [6.45, 7) is 6.35. The lowest BCUT2D eigenvalue weighted by Crippen LogP contribution is -2.39. The molecule has 0 aliphatic carbocycles. The zero-order chi connectivity index (χ0) is 45.9. The van der Waals surface area contributed by atoms with Gasteiger partial charge in [-0.25, -0.2) is 9.59 Å². The van der Waals surface area contributed by atoms with Crippen molar-refractivity contribution in [2.24, 2.45) is 0 Å². The fourth-order valence-corrected chi connectivity index (χ4v) is 9.20. The molecule has 0 saturated heterocycles. The first kappa shape index (κ1) is 45.9. The van der Waals surface area contributed by atoms with Crippen LogP contribution in [0, 0.1) is 0 Å². The second-order valence-corrected chi connectivity index (χ2v) is 18.2. The van der Waals surface area contributed by atoms with Crippen LogP contribution in [-0.4, -0.2) is 53.9 Å². The van der Waals surface area contributed by atoms with E-state index in [0.29, 0.717) is 57.6 Å². The predicted octanol–water partition coefficient (Wildman–Crippen LogP) is 10.3. The van der Waals surface area contributed by atoms with Crippen LogP contribution < -0.4 is 20.7 Å². The molecule has 2 heterocycles. The summed E-state index contributed by atoms with van der Waals surface area (Å²) >= 11 is 2.49. The second-order valence-electron chi connectivity index (χ2n) is 16.0. The molecule has 4 amide bonds. The van der Waals surface area contributed by atoms with E-state index < -0.39 is 40.6 Å². The van der Waals surface area contributed by atoms with E-state index in [1.807, 2.05) is 66.7 Å². The van der Waals surface area contributed by atoms with Gasteiger partial charge >= 0.3 is 12.1 Å². The molecule has 65 heavy (non-hydrogen) atoms. The molecule has 3 N–H and O–H groups in total. The van der Waals surface area contributed by atoms with Crippen molar-refractivity contribution in [3.63, 3.8) is 0 Å². The quantitative estimate of drug-likeness (QED) is 0.0551. The number of rotatable bonds is 14. The molecule has 6 aromatic rings. The summed E-state index contributed by atoms with van der Waals surface area (Å²) in [5, 5.41) is 8.25. The van der Waals surface area contributed by atoms with Gasteiger partial charge < -0.3 is 35.1 Å². The van der Waals surface area contributed by atoms with Gasteiger partial charge in [-0.1, -0.05) is 97.1 Å². The first-order valence-corrected chi connectivity index (χ1v) is 22.5. The van der Waals surface area contributed by atoms with Crippen LogP contribution in [0.25, 0.3) is 6.08 Å². The van der Waals surface area contributed by atoms with Gasteiger partial charge in [-0.3, -0.25) is 14.4 Å². The molecule has 1 unspecified atom stereocenters. The van der Waals surface area contributed by atoms with Crippen LogP contribution in [0.4, 0.5) is 15.5 Å². The van der Waals surface area contributed by atoms with Crippen molar-refractivity contribution >= 4 is 69.6 Å². The average molecular weight is 909 g/mol. The van der Waals surface area contributed by atoms with E-state index in [4.69, 9.17) is 14.2 Å². The van der Waals surface area contributed by atoms with E-state index in [9.17, 15) is 24.0 Å². The smallest absolute Gasteiger partial charge is 0.410 e. The summed E-state index contributed by atoms with van der Waals surface area (Å²) < 4.78 is 16.7. The van der Waals surface area contributed by atoms with Crippen LogP contribution in [0.1, 0.15) is 73.9 Å². The Balaban J connectivity index is 1.10. The van der Waals surface area contributed by atoms with Crippen molar-refractivity contribution in [2.75, 3.05) is 24.3 Å². The number of carbonyl (C=O) groups excluding carboxylic acids is 5. The first-order valence-electron chi connectivity index (χ1n) is 20.8. The molecule has 1 aliphatic rings. The topological polar surface area (TPSA) is 152 Å². The molecule has 5 aromatic carbocycles. The number of nitrogens with one attached hydrogen (secondary N) is 3. The summed E-state index contributed by atoms with van der Waals surface area (Å²) in [6.07, 6.45) is 1.51. The normalized spacial score (nSPS) is 12.9. The van der Waals surface area contributed by atoms with Crippen molar-refractivity contribution in [1.82, 2.24) is 10.2 Å². The van der Waals surface area contributed by atoms with Crippen LogP contribution in [-0.2, 0) is 38.6 Å². The van der Waals surface area contributed by atoms with Gasteiger partial charge in [0.2, 0.25) is 5.91 Å². The van der Waals surface area contributed by atoms with Crippen molar-refractivity contribution < 1.29 is 38.2 Å². The number of nitrogens with zero attached hydrogens (tertiary/aromatic N) is 1. The molecule has 1 atom stereocenters. The maximum absolute atomic E-state index is 14.4. The van der Waals surface area contributed by atoms with Crippen LogP contribution in [0.15, 0.2) is 150 Å². The molecule has 1 aromatic heterocycles. The highest BCUT2D eigenvalue weighted by molar-refractivity contribution is 8.00. The molecule has 0 spiro atoms. The van der Waals surface area contributed by atoms with E-state index >= 15 is 0 Å². The Kier molecular flexibility index (Phi) is 14.8. The molecule has 0 fully saturated rings. The number of anilines is 2. The maximum Gasteiger partial charge on any atom is 0.410 e. The molecule has 0 bridgehead atoms. The molecule has 0 saturated carbocycles. The molecular weight excluding hydrogens is 861 g/mol. The fourth-order valence-electron chi connectivity index (χ4n) is 6.86. The highest BCUT2D eigenvalue weighted by Gasteiger charge is 2.34. The van der Waals surface area contributed by atoms with Crippen molar-refractivity contribution in [2.45, 2.75) is 56.1 Å². The Labute approximate surface area is 386 Å². The SMILES string of the molecule is COC(=O)c1c(NC(=O)C(Sc2cccc(NC(=O)/C(=C\c3ccc(OCc4ccccc4)cc3)NC(=O)c3ccccc3)c2)c2ccccc2)sc2c1CCN(C(=O)OC(C)(C)C)C2. The average Bonchev–Trinajstić information content (AvgIpc) is 3.67. The summed E-state index contributed by atoms with van der Waals surface area (Å²) in [6, 6.07) is 41.9. The molecule has 12 nitrogen and oxygen atoms in total. The number of thioether (sulfide) groups is 1. The lowest BCUT2D eigenvalue weighted by Gasteiger charge is -2.30. The number of hydrogen-bond acceptors (Lipinski definition) is 10. The Bertz CT molecular complexity index is 2680. The van der Waals surface area contributed by atoms with Crippen molar-refractivity contribution in [3.05, 3.63) is 183 Å². The van der Waals surface area contributed by atoms with E-state index in [1.165, 1.54) is 30.2 Å². The highest BCUT2D eigenvalue weighted by Crippen LogP contribution is 2.41. The lowest BCUT2D eigenvalue weighted by atomic mass is 10.0. The molecule has 332 valence electrons. The third-order valence-corrected chi connectivity index (χ3v) is 12.4. The lowest BCUT2D eigenvalue weighted by molar-refractivity contribution is -0.116. The Morgan fingerprint density at radius 3 is 2.17 bits per heavy atom. The molecule has 0 radical (unpaired) electrons. The number of benzene rings is 5. The van der Waals surface area contributed by atoms with E-state index in [0.717, 1.165) is 16.0 Å². The predicted molar refractivity (Wildman–Crippen MR) is 254 cm³/mol. The summed E-state index contributed by atoms with van der Waals surface area (Å²) in [4.78, 5) is 71.0. The zero-order valence-electron chi connectivity index (χ0n) is 36.3. The minimum Gasteiger partial charge on any atom is -0.489 e. The molecule has 7 rings (SSSR count). The van der Waals surface area contributed by atoms with Gasteiger partial charge in [0.1, 0.15) is 33.9 Å². The summed E-state index contributed by atoms with van der Waals surface area (Å²) in [5.74, 6) is -1.37. The number of esters is 1. The number of carbonyl (C=O) groups is 5. The highest BCUT2D eigenvalue weighted by atomic mass is 32.2. The van der Waals surface area contributed by atoms with E-state index in [1.54, 1.807) is 105 Å². The standard InChI is InChI=1S/C51H48N4O8S2/c1-51(2,3)63-50(60)55-28-27-40-42(31-55)65-48(43(40)49(59)61-4)54-47(58)44(35-17-10-6-11-18-35)64-39-22-14-21-37(30-39)52-46(57)41(53-45(56)36-19-12-7-13-20-36)29-33-23-25-38(26-24-33)62-32-34-15-8-5-9-16-34/h5-26,29-30,44H,27-28,31-32H2,1-4H3,(H,52,57)(H,53,56)(H,54,58)/b41-29+. The number of thiophene rings is 1. The Morgan fingerprint density at radius 1 is 0.815 bits per heavy atom. The van der Waals surface area contributed by atoms with Gasteiger partial charge in [-0.15, -0.1) is 23.1 Å². The van der Waals surface area contributed by atoms with Crippen molar-refractivity contribution in [3.8, 4) is 5.75 Å². The van der Waals surface area contributed by atoms with Gasteiger partial charge in [-0.05, 0) is 98.0 Å². The third-order valence-electron chi connectivity index (χ3n) is 9.99. The minimum absolute atomic E-state index is 0.00525. The first-order chi connectivity index (χ1) is 31.3. The van der Waals surface area contributed by atoms with Gasteiger partial charge in [0.05, 0.1) is 19.2 Å². The Morgan fingerprint density at radius 2 is 1.49 bits per heavy atom. The third kappa shape index (κ3) is 12.3. The van der Waals surface area contributed by atoms with Crippen LogP contribution in [0.3, 0.4) is 0 Å². The van der Waals surface area contributed by atoms with Gasteiger partial charge in [0, 0.05) is 27.6 Å². The molecular formula is C51H48N4O8S2. The van der Waals surface area contributed by atoms with E-state index in [2.05, 4.69) is 16.0 Å². The maximum atomic E-state index is 14.4. The zero-order valence-corrected chi connectivity index (χ0v) is 37.9. The fraction of sp³-hybridized carbons (Fsp3) is 0.196. The Hall–Kier alpha value is -7.16. The monoisotopic (exact) mass is 908 g/mol. The van der Waals surface area contributed by atoms with Crippen LogP contribution in [0.5, 0.6) is 5.75 Å². The van der Waals surface area contributed by atoms with Crippen LogP contribution >= 0.6 is 23.1 Å². The largest absolute Gasteiger partial charge is 0.489 e. The van der Waals surface area contributed by atoms with Gasteiger partial charge in [-0.2, -0.15) is 0 Å². The molecule has 1 aliphatic heterocycles. The molecule has 14 heteroatoms. The number of amides is 4. The van der Waals surface area contributed by atoms with E-state index in [-0.39, 0.29) is 17.8 Å².